The van der Waals surface area contributed by atoms with E-state index in [9.17, 15) is 9.59 Å². The first kappa shape index (κ1) is 18.2. The second-order valence-corrected chi connectivity index (χ2v) is 7.13. The molecular formula is C20H25N3O3. The molecule has 2 aromatic rings. The van der Waals surface area contributed by atoms with E-state index in [1.807, 2.05) is 54.2 Å². The number of rotatable bonds is 5. The van der Waals surface area contributed by atoms with Crippen LogP contribution in [-0.4, -0.2) is 54.1 Å². The van der Waals surface area contributed by atoms with E-state index in [4.69, 9.17) is 5.11 Å². The van der Waals surface area contributed by atoms with Gasteiger partial charge in [-0.05, 0) is 37.3 Å². The maximum absolute atomic E-state index is 13.2. The fourth-order valence-electron chi connectivity index (χ4n) is 3.55. The Labute approximate surface area is 153 Å². The van der Waals surface area contributed by atoms with Crippen molar-refractivity contribution in [3.63, 3.8) is 0 Å². The first-order valence-corrected chi connectivity index (χ1v) is 9.04. The third-order valence-electron chi connectivity index (χ3n) is 4.96. The number of nitrogens with zero attached hydrogens (tertiary/aromatic N) is 3. The molecule has 138 valence electrons. The van der Waals surface area contributed by atoms with Crippen LogP contribution in [0.25, 0.3) is 10.9 Å². The molecule has 6 nitrogen and oxygen atoms in total. The summed E-state index contributed by atoms with van der Waals surface area (Å²) in [6.07, 6.45) is 2.69. The van der Waals surface area contributed by atoms with Crippen LogP contribution in [0, 0.1) is 5.92 Å². The molecule has 1 aliphatic heterocycles. The zero-order valence-corrected chi connectivity index (χ0v) is 15.3. The summed E-state index contributed by atoms with van der Waals surface area (Å²) in [6, 6.07) is 9.55. The summed E-state index contributed by atoms with van der Waals surface area (Å²) in [5.41, 5.74) is 1.47. The van der Waals surface area contributed by atoms with Gasteiger partial charge in [-0.1, -0.05) is 18.2 Å². The molecule has 0 saturated carbocycles. The number of amides is 1. The molecule has 6 heteroatoms. The number of fused-ring (bicyclic) bond motifs is 1. The van der Waals surface area contributed by atoms with Crippen molar-refractivity contribution in [2.45, 2.75) is 25.7 Å². The number of likely N-dealkylation sites (tertiary alicyclic amines) is 1. The number of anilines is 1. The molecule has 26 heavy (non-hydrogen) atoms. The molecule has 1 aromatic carbocycles. The summed E-state index contributed by atoms with van der Waals surface area (Å²) in [6.45, 7) is 1.34. The number of aliphatic carboxylic acids is 1. The molecule has 1 atom stereocenters. The summed E-state index contributed by atoms with van der Waals surface area (Å²) in [5, 5.41) is 9.76. The van der Waals surface area contributed by atoms with E-state index in [0.29, 0.717) is 18.5 Å². The van der Waals surface area contributed by atoms with Gasteiger partial charge >= 0.3 is 5.97 Å². The lowest BCUT2D eigenvalue weighted by Gasteiger charge is -2.33. The summed E-state index contributed by atoms with van der Waals surface area (Å²) in [5.74, 6) is 0.243. The summed E-state index contributed by atoms with van der Waals surface area (Å²) < 4.78 is 0. The number of carboxylic acid groups (broad SMARTS) is 1. The van der Waals surface area contributed by atoms with E-state index in [-0.39, 0.29) is 18.2 Å². The van der Waals surface area contributed by atoms with Gasteiger partial charge in [0.05, 0.1) is 11.1 Å². The Hall–Kier alpha value is -2.63. The second-order valence-electron chi connectivity index (χ2n) is 7.13. The van der Waals surface area contributed by atoms with E-state index in [1.54, 1.807) is 0 Å². The molecule has 0 radical (unpaired) electrons. The lowest BCUT2D eigenvalue weighted by atomic mass is 9.92. The number of benzene rings is 1. The number of carboxylic acids is 1. The van der Waals surface area contributed by atoms with Crippen molar-refractivity contribution in [1.82, 2.24) is 9.88 Å². The van der Waals surface area contributed by atoms with Gasteiger partial charge in [-0.2, -0.15) is 0 Å². The topological polar surface area (TPSA) is 73.7 Å². The number of carbonyl (C=O) groups excluding carboxylic acids is 1. The molecule has 1 N–H and O–H groups in total. The standard InChI is InChI=1S/C20H25N3O3/c1-22(2)18-12-16(15-7-3-4-8-17(15)21-18)20(26)23-11-5-6-14(13-23)9-10-19(24)25/h3-4,7-8,12,14H,5-6,9-11,13H2,1-2H3,(H,24,25). The highest BCUT2D eigenvalue weighted by Gasteiger charge is 2.26. The van der Waals surface area contributed by atoms with Crippen LogP contribution in [-0.2, 0) is 4.79 Å². The van der Waals surface area contributed by atoms with E-state index in [2.05, 4.69) is 4.98 Å². The molecule has 1 amide bonds. The van der Waals surface area contributed by atoms with Crippen molar-refractivity contribution in [2.75, 3.05) is 32.1 Å². The first-order chi connectivity index (χ1) is 12.5. The number of pyridine rings is 1. The van der Waals surface area contributed by atoms with Crippen molar-refractivity contribution in [3.8, 4) is 0 Å². The normalized spacial score (nSPS) is 17.3. The molecule has 1 unspecified atom stereocenters. The molecule has 3 rings (SSSR count). The average molecular weight is 355 g/mol. The Morgan fingerprint density at radius 1 is 1.31 bits per heavy atom. The highest BCUT2D eigenvalue weighted by Crippen LogP contribution is 2.27. The molecule has 0 aliphatic carbocycles. The van der Waals surface area contributed by atoms with Gasteiger partial charge in [-0.3, -0.25) is 9.59 Å². The van der Waals surface area contributed by atoms with Crippen LogP contribution in [0.1, 0.15) is 36.0 Å². The van der Waals surface area contributed by atoms with Crippen LogP contribution in [0.3, 0.4) is 0 Å². The maximum Gasteiger partial charge on any atom is 0.303 e. The highest BCUT2D eigenvalue weighted by atomic mass is 16.4. The minimum absolute atomic E-state index is 0.00623. The number of hydrogen-bond donors (Lipinski definition) is 1. The minimum Gasteiger partial charge on any atom is -0.481 e. The predicted octanol–water partition coefficient (Wildman–Crippen LogP) is 3.02. The minimum atomic E-state index is -0.774. The summed E-state index contributed by atoms with van der Waals surface area (Å²) in [7, 11) is 3.82. The number of carbonyl (C=O) groups is 2. The maximum atomic E-state index is 13.2. The molecule has 2 heterocycles. The van der Waals surface area contributed by atoms with Crippen molar-refractivity contribution in [3.05, 3.63) is 35.9 Å². The molecule has 1 aromatic heterocycles. The predicted molar refractivity (Wildman–Crippen MR) is 102 cm³/mol. The molecule has 1 fully saturated rings. The monoisotopic (exact) mass is 355 g/mol. The van der Waals surface area contributed by atoms with Crippen LogP contribution in [0.2, 0.25) is 0 Å². The van der Waals surface area contributed by atoms with E-state index in [1.165, 1.54) is 0 Å². The quantitative estimate of drug-likeness (QED) is 0.892. The highest BCUT2D eigenvalue weighted by molar-refractivity contribution is 6.07. The molecular weight excluding hydrogens is 330 g/mol. The van der Waals surface area contributed by atoms with Crippen LogP contribution >= 0.6 is 0 Å². The third-order valence-corrected chi connectivity index (χ3v) is 4.96. The van der Waals surface area contributed by atoms with Gasteiger partial charge in [0.2, 0.25) is 0 Å². The Morgan fingerprint density at radius 2 is 2.08 bits per heavy atom. The Morgan fingerprint density at radius 3 is 2.81 bits per heavy atom. The number of aromatic nitrogens is 1. The van der Waals surface area contributed by atoms with Crippen LogP contribution < -0.4 is 4.90 Å². The smallest absolute Gasteiger partial charge is 0.303 e. The lowest BCUT2D eigenvalue weighted by Crippen LogP contribution is -2.40. The summed E-state index contributed by atoms with van der Waals surface area (Å²) >= 11 is 0. The summed E-state index contributed by atoms with van der Waals surface area (Å²) in [4.78, 5) is 32.5. The van der Waals surface area contributed by atoms with Crippen LogP contribution in [0.4, 0.5) is 5.82 Å². The van der Waals surface area contributed by atoms with Gasteiger partial charge in [0.15, 0.2) is 0 Å². The fourth-order valence-corrected chi connectivity index (χ4v) is 3.55. The average Bonchev–Trinajstić information content (AvgIpc) is 2.65. The fraction of sp³-hybridized carbons (Fsp3) is 0.450. The Balaban J connectivity index is 1.88. The van der Waals surface area contributed by atoms with Gasteiger partial charge in [0, 0.05) is 39.0 Å². The van der Waals surface area contributed by atoms with Crippen molar-refractivity contribution < 1.29 is 14.7 Å². The van der Waals surface area contributed by atoms with Crippen LogP contribution in [0.15, 0.2) is 30.3 Å². The molecule has 1 saturated heterocycles. The number of piperidine rings is 1. The third kappa shape index (κ3) is 3.95. The van der Waals surface area contributed by atoms with E-state index >= 15 is 0 Å². The van der Waals surface area contributed by atoms with Crippen molar-refractivity contribution >= 4 is 28.6 Å². The Bertz CT molecular complexity index is 819. The van der Waals surface area contributed by atoms with Gasteiger partial charge in [-0.15, -0.1) is 0 Å². The largest absolute Gasteiger partial charge is 0.481 e. The second kappa shape index (κ2) is 7.72. The zero-order chi connectivity index (χ0) is 18.7. The molecule has 1 aliphatic rings. The molecule has 0 bridgehead atoms. The van der Waals surface area contributed by atoms with E-state index < -0.39 is 5.97 Å². The molecule has 0 spiro atoms. The van der Waals surface area contributed by atoms with Gasteiger partial charge in [-0.25, -0.2) is 4.98 Å². The first-order valence-electron chi connectivity index (χ1n) is 9.04. The Kier molecular flexibility index (Phi) is 5.40. The number of para-hydroxylation sites is 1. The SMILES string of the molecule is CN(C)c1cc(C(=O)N2CCCC(CCC(=O)O)C2)c2ccccc2n1. The van der Waals surface area contributed by atoms with Gasteiger partial charge in [0.25, 0.3) is 5.91 Å². The van der Waals surface area contributed by atoms with Crippen LogP contribution in [0.5, 0.6) is 0 Å². The number of hydrogen-bond acceptors (Lipinski definition) is 4. The lowest BCUT2D eigenvalue weighted by molar-refractivity contribution is -0.137. The van der Waals surface area contributed by atoms with Gasteiger partial charge in [0.1, 0.15) is 5.82 Å². The van der Waals surface area contributed by atoms with Crippen molar-refractivity contribution in [1.29, 1.82) is 0 Å². The van der Waals surface area contributed by atoms with E-state index in [0.717, 1.165) is 36.1 Å². The van der Waals surface area contributed by atoms with Gasteiger partial charge < -0.3 is 14.9 Å². The zero-order valence-electron chi connectivity index (χ0n) is 15.3. The van der Waals surface area contributed by atoms with Crippen molar-refractivity contribution in [2.24, 2.45) is 5.92 Å².